The number of ether oxygens (including phenoxy) is 2. The molecule has 0 spiro atoms. The van der Waals surface area contributed by atoms with Crippen LogP contribution in [-0.2, 0) is 11.2 Å². The molecule has 2 aromatic carbocycles. The van der Waals surface area contributed by atoms with Crippen LogP contribution in [0.3, 0.4) is 0 Å². The third kappa shape index (κ3) is 5.47. The van der Waals surface area contributed by atoms with Crippen LogP contribution in [0.25, 0.3) is 0 Å². The zero-order chi connectivity index (χ0) is 20.8. The number of nitrogens with zero attached hydrogens (tertiary/aromatic N) is 1. The number of halogens is 1. The van der Waals surface area contributed by atoms with Crippen molar-refractivity contribution in [3.8, 4) is 11.5 Å². The van der Waals surface area contributed by atoms with E-state index in [1.54, 1.807) is 35.2 Å². The van der Waals surface area contributed by atoms with Crippen LogP contribution in [0.2, 0.25) is 0 Å². The van der Waals surface area contributed by atoms with E-state index in [0.29, 0.717) is 43.0 Å². The van der Waals surface area contributed by atoms with Crippen LogP contribution >= 0.6 is 0 Å². The molecule has 1 saturated heterocycles. The van der Waals surface area contributed by atoms with Gasteiger partial charge < -0.3 is 19.7 Å². The number of hydrogen-bond acceptors (Lipinski definition) is 4. The van der Waals surface area contributed by atoms with Crippen LogP contribution in [0.1, 0.15) is 28.8 Å². The molecule has 3 rings (SSSR count). The number of benzene rings is 2. The van der Waals surface area contributed by atoms with E-state index in [0.717, 1.165) is 5.56 Å². The molecule has 1 N–H and O–H groups in total. The van der Waals surface area contributed by atoms with Crippen molar-refractivity contribution >= 4 is 11.8 Å². The molecular formula is C22H25FN2O4. The average Bonchev–Trinajstić information content (AvgIpc) is 2.75. The van der Waals surface area contributed by atoms with Crippen molar-refractivity contribution in [1.29, 1.82) is 0 Å². The third-order valence-corrected chi connectivity index (χ3v) is 5.07. The summed E-state index contributed by atoms with van der Waals surface area (Å²) in [7, 11) is 3.07. The lowest BCUT2D eigenvalue weighted by Crippen LogP contribution is -2.47. The van der Waals surface area contributed by atoms with Crippen molar-refractivity contribution in [2.75, 3.05) is 27.3 Å². The minimum absolute atomic E-state index is 0.00503. The highest BCUT2D eigenvalue weighted by Gasteiger charge is 2.24. The topological polar surface area (TPSA) is 67.9 Å². The first-order chi connectivity index (χ1) is 14.0. The molecule has 1 aliphatic rings. The van der Waals surface area contributed by atoms with Gasteiger partial charge in [-0.05, 0) is 42.7 Å². The number of carbonyl (C=O) groups excluding carboxylic acids is 2. The average molecular weight is 400 g/mol. The second kappa shape index (κ2) is 9.41. The van der Waals surface area contributed by atoms with E-state index in [2.05, 4.69) is 5.32 Å². The highest BCUT2D eigenvalue weighted by Crippen LogP contribution is 2.23. The van der Waals surface area contributed by atoms with E-state index in [9.17, 15) is 14.0 Å². The number of hydrogen-bond donors (Lipinski definition) is 1. The maximum Gasteiger partial charge on any atom is 0.251 e. The molecule has 0 aromatic heterocycles. The van der Waals surface area contributed by atoms with Crippen molar-refractivity contribution < 1.29 is 23.5 Å². The Hall–Kier alpha value is -3.09. The summed E-state index contributed by atoms with van der Waals surface area (Å²) < 4.78 is 23.4. The molecule has 7 heteroatoms. The maximum atomic E-state index is 13.0. The third-order valence-electron chi connectivity index (χ3n) is 5.07. The molecule has 0 saturated carbocycles. The molecule has 0 radical (unpaired) electrons. The fourth-order valence-corrected chi connectivity index (χ4v) is 3.37. The number of methoxy groups -OCH3 is 2. The van der Waals surface area contributed by atoms with Crippen LogP contribution in [0.5, 0.6) is 11.5 Å². The van der Waals surface area contributed by atoms with Gasteiger partial charge in [-0.3, -0.25) is 9.59 Å². The second-order valence-corrected chi connectivity index (χ2v) is 7.03. The van der Waals surface area contributed by atoms with Crippen molar-refractivity contribution in [3.05, 3.63) is 59.4 Å². The molecule has 29 heavy (non-hydrogen) atoms. The Morgan fingerprint density at radius 2 is 1.62 bits per heavy atom. The number of likely N-dealkylation sites (tertiary alicyclic amines) is 1. The zero-order valence-corrected chi connectivity index (χ0v) is 16.6. The number of piperidine rings is 1. The lowest BCUT2D eigenvalue weighted by Gasteiger charge is -2.32. The van der Waals surface area contributed by atoms with Crippen molar-refractivity contribution in [2.24, 2.45) is 0 Å². The smallest absolute Gasteiger partial charge is 0.251 e. The molecule has 0 aliphatic carbocycles. The Bertz CT molecular complexity index is 839. The Kier molecular flexibility index (Phi) is 6.69. The maximum absolute atomic E-state index is 13.0. The van der Waals surface area contributed by atoms with Gasteiger partial charge in [-0.2, -0.15) is 0 Å². The normalized spacial score (nSPS) is 14.4. The molecule has 2 aromatic rings. The van der Waals surface area contributed by atoms with E-state index in [4.69, 9.17) is 9.47 Å². The van der Waals surface area contributed by atoms with Crippen LogP contribution in [0, 0.1) is 5.82 Å². The number of nitrogens with one attached hydrogen (secondary N) is 1. The summed E-state index contributed by atoms with van der Waals surface area (Å²) in [5, 5.41) is 3.02. The summed E-state index contributed by atoms with van der Waals surface area (Å²) in [4.78, 5) is 26.9. The highest BCUT2D eigenvalue weighted by atomic mass is 19.1. The summed E-state index contributed by atoms with van der Waals surface area (Å²) >= 11 is 0. The van der Waals surface area contributed by atoms with E-state index in [1.807, 2.05) is 0 Å². The predicted octanol–water partition coefficient (Wildman–Crippen LogP) is 2.81. The first kappa shape index (κ1) is 20.6. The Labute approximate surface area is 169 Å². The zero-order valence-electron chi connectivity index (χ0n) is 16.6. The van der Waals surface area contributed by atoms with Crippen LogP contribution in [0.15, 0.2) is 42.5 Å². The van der Waals surface area contributed by atoms with Crippen LogP contribution < -0.4 is 14.8 Å². The summed E-state index contributed by atoms with van der Waals surface area (Å²) in [6.45, 7) is 1.15. The van der Waals surface area contributed by atoms with Gasteiger partial charge in [0.25, 0.3) is 5.91 Å². The summed E-state index contributed by atoms with van der Waals surface area (Å²) in [6, 6.07) is 11.0. The first-order valence-electron chi connectivity index (χ1n) is 9.54. The van der Waals surface area contributed by atoms with Gasteiger partial charge in [0.05, 0.1) is 20.6 Å². The SMILES string of the molecule is COc1cc(OC)cc(C(=O)NC2CCN(C(=O)Cc3ccc(F)cc3)CC2)c1. The molecule has 154 valence electrons. The van der Waals surface area contributed by atoms with E-state index in [-0.39, 0.29) is 30.1 Å². The largest absolute Gasteiger partial charge is 0.497 e. The lowest BCUT2D eigenvalue weighted by molar-refractivity contribution is -0.131. The van der Waals surface area contributed by atoms with E-state index < -0.39 is 0 Å². The van der Waals surface area contributed by atoms with Gasteiger partial charge in [0.2, 0.25) is 5.91 Å². The van der Waals surface area contributed by atoms with Crippen molar-refractivity contribution in [3.63, 3.8) is 0 Å². The van der Waals surface area contributed by atoms with Gasteiger partial charge >= 0.3 is 0 Å². The Balaban J connectivity index is 1.52. The van der Waals surface area contributed by atoms with E-state index >= 15 is 0 Å². The molecule has 2 amide bonds. The fraction of sp³-hybridized carbons (Fsp3) is 0.364. The molecule has 0 unspecified atom stereocenters. The quantitative estimate of drug-likeness (QED) is 0.810. The molecule has 6 nitrogen and oxygen atoms in total. The molecule has 0 atom stereocenters. The number of amides is 2. The molecule has 1 aliphatic heterocycles. The Morgan fingerprint density at radius 1 is 1.03 bits per heavy atom. The number of carbonyl (C=O) groups is 2. The van der Waals surface area contributed by atoms with Crippen LogP contribution in [0.4, 0.5) is 4.39 Å². The fourth-order valence-electron chi connectivity index (χ4n) is 3.37. The van der Waals surface area contributed by atoms with Crippen molar-refractivity contribution in [1.82, 2.24) is 10.2 Å². The standard InChI is InChI=1S/C22H25FN2O4/c1-28-19-12-16(13-20(14-19)29-2)22(27)24-18-7-9-25(10-8-18)21(26)11-15-3-5-17(23)6-4-15/h3-6,12-14,18H,7-11H2,1-2H3,(H,24,27). The van der Waals surface area contributed by atoms with Gasteiger partial charge in [0.15, 0.2) is 0 Å². The Morgan fingerprint density at radius 3 is 2.17 bits per heavy atom. The van der Waals surface area contributed by atoms with Gasteiger partial charge in [-0.1, -0.05) is 12.1 Å². The highest BCUT2D eigenvalue weighted by molar-refractivity contribution is 5.95. The van der Waals surface area contributed by atoms with Crippen LogP contribution in [-0.4, -0.2) is 50.1 Å². The monoisotopic (exact) mass is 400 g/mol. The van der Waals surface area contributed by atoms with Gasteiger partial charge in [-0.25, -0.2) is 4.39 Å². The predicted molar refractivity (Wildman–Crippen MR) is 107 cm³/mol. The summed E-state index contributed by atoms with van der Waals surface area (Å²) in [5.41, 5.74) is 1.26. The summed E-state index contributed by atoms with van der Waals surface area (Å²) in [5.74, 6) is 0.607. The lowest BCUT2D eigenvalue weighted by atomic mass is 10.0. The van der Waals surface area contributed by atoms with Gasteiger partial charge in [0.1, 0.15) is 17.3 Å². The van der Waals surface area contributed by atoms with Crippen molar-refractivity contribution in [2.45, 2.75) is 25.3 Å². The van der Waals surface area contributed by atoms with Gasteiger partial charge in [-0.15, -0.1) is 0 Å². The minimum Gasteiger partial charge on any atom is -0.497 e. The summed E-state index contributed by atoms with van der Waals surface area (Å²) in [6.07, 6.45) is 1.62. The van der Waals surface area contributed by atoms with E-state index in [1.165, 1.54) is 26.4 Å². The molecule has 1 heterocycles. The minimum atomic E-state index is -0.314. The molecular weight excluding hydrogens is 375 g/mol. The number of rotatable bonds is 6. The second-order valence-electron chi connectivity index (χ2n) is 7.03. The molecule has 0 bridgehead atoms. The molecule has 1 fully saturated rings. The first-order valence-corrected chi connectivity index (χ1v) is 9.54. The van der Waals surface area contributed by atoms with Gasteiger partial charge in [0, 0.05) is 30.8 Å².